The van der Waals surface area contributed by atoms with Crippen LogP contribution in [0.1, 0.15) is 10.4 Å². The van der Waals surface area contributed by atoms with Crippen LogP contribution in [0.4, 0.5) is 0 Å². The standard InChI is InChI=1S/C11H6ClN3O2/c12-9-2-1-8(17-9)11-14-13-10-5-7(6-16)3-4-15(10)11/h1-6H. The molecule has 0 saturated carbocycles. The second kappa shape index (κ2) is 3.71. The Bertz CT molecular complexity index is 702. The molecule has 0 bridgehead atoms. The Balaban J connectivity index is 2.21. The van der Waals surface area contributed by atoms with E-state index in [2.05, 4.69) is 10.2 Å². The first-order valence-electron chi connectivity index (χ1n) is 4.83. The van der Waals surface area contributed by atoms with E-state index in [0.717, 1.165) is 6.29 Å². The predicted molar refractivity (Wildman–Crippen MR) is 61.1 cm³/mol. The summed E-state index contributed by atoms with van der Waals surface area (Å²) in [6.07, 6.45) is 2.48. The Morgan fingerprint density at radius 3 is 2.88 bits per heavy atom. The van der Waals surface area contributed by atoms with Gasteiger partial charge in [0.1, 0.15) is 6.29 Å². The minimum atomic E-state index is 0.293. The molecule has 3 aromatic rings. The lowest BCUT2D eigenvalue weighted by Crippen LogP contribution is -1.89. The smallest absolute Gasteiger partial charge is 0.204 e. The summed E-state index contributed by atoms with van der Waals surface area (Å²) in [5, 5.41) is 8.26. The van der Waals surface area contributed by atoms with Gasteiger partial charge in [0.15, 0.2) is 16.6 Å². The minimum Gasteiger partial charge on any atom is -0.441 e. The number of aldehydes is 1. The number of hydrogen-bond acceptors (Lipinski definition) is 4. The van der Waals surface area contributed by atoms with E-state index in [1.165, 1.54) is 0 Å². The Morgan fingerprint density at radius 2 is 2.18 bits per heavy atom. The maximum atomic E-state index is 10.6. The van der Waals surface area contributed by atoms with Crippen molar-refractivity contribution in [2.24, 2.45) is 0 Å². The summed E-state index contributed by atoms with van der Waals surface area (Å²) in [6, 6.07) is 6.68. The number of rotatable bonds is 2. The molecule has 0 N–H and O–H groups in total. The van der Waals surface area contributed by atoms with Crippen LogP contribution in [0.5, 0.6) is 0 Å². The van der Waals surface area contributed by atoms with Gasteiger partial charge in [-0.2, -0.15) is 0 Å². The van der Waals surface area contributed by atoms with Crippen molar-refractivity contribution < 1.29 is 9.21 Å². The fourth-order valence-corrected chi connectivity index (χ4v) is 1.73. The van der Waals surface area contributed by atoms with Gasteiger partial charge < -0.3 is 4.42 Å². The number of hydrogen-bond donors (Lipinski definition) is 0. The van der Waals surface area contributed by atoms with Crippen molar-refractivity contribution in [3.8, 4) is 11.6 Å². The molecule has 0 spiro atoms. The van der Waals surface area contributed by atoms with Gasteiger partial charge in [0.25, 0.3) is 0 Å². The van der Waals surface area contributed by atoms with Crippen molar-refractivity contribution in [2.75, 3.05) is 0 Å². The van der Waals surface area contributed by atoms with Crippen molar-refractivity contribution >= 4 is 23.5 Å². The number of carbonyl (C=O) groups excluding carboxylic acids is 1. The molecule has 0 aliphatic heterocycles. The molecule has 5 nitrogen and oxygen atoms in total. The summed E-state index contributed by atoms with van der Waals surface area (Å²) in [5.41, 5.74) is 1.13. The van der Waals surface area contributed by atoms with E-state index in [1.54, 1.807) is 34.9 Å². The van der Waals surface area contributed by atoms with E-state index in [0.29, 0.717) is 28.0 Å². The monoisotopic (exact) mass is 247 g/mol. The number of furan rings is 1. The molecule has 0 amide bonds. The molecule has 0 saturated heterocycles. The van der Waals surface area contributed by atoms with E-state index in [1.807, 2.05) is 0 Å². The van der Waals surface area contributed by atoms with Crippen LogP contribution in [0.25, 0.3) is 17.2 Å². The number of aromatic nitrogens is 3. The van der Waals surface area contributed by atoms with Gasteiger partial charge in [-0.3, -0.25) is 9.20 Å². The van der Waals surface area contributed by atoms with Crippen LogP contribution in [-0.2, 0) is 0 Å². The molecule has 3 rings (SSSR count). The molecule has 84 valence electrons. The number of carbonyl (C=O) groups is 1. The SMILES string of the molecule is O=Cc1ccn2c(-c3ccc(Cl)o3)nnc2c1. The Hall–Kier alpha value is -2.14. The first kappa shape index (κ1) is 10.0. The summed E-state index contributed by atoms with van der Waals surface area (Å²) in [6.45, 7) is 0. The first-order valence-corrected chi connectivity index (χ1v) is 5.21. The highest BCUT2D eigenvalue weighted by atomic mass is 35.5. The van der Waals surface area contributed by atoms with Gasteiger partial charge in [0.05, 0.1) is 0 Å². The van der Waals surface area contributed by atoms with Crippen LogP contribution in [0, 0.1) is 0 Å². The minimum absolute atomic E-state index is 0.293. The Morgan fingerprint density at radius 1 is 1.29 bits per heavy atom. The largest absolute Gasteiger partial charge is 0.441 e. The zero-order valence-corrected chi connectivity index (χ0v) is 9.26. The molecule has 6 heteroatoms. The lowest BCUT2D eigenvalue weighted by molar-refractivity contribution is 0.112. The highest BCUT2D eigenvalue weighted by molar-refractivity contribution is 6.28. The number of nitrogens with zero attached hydrogens (tertiary/aromatic N) is 3. The van der Waals surface area contributed by atoms with Gasteiger partial charge in [-0.1, -0.05) is 0 Å². The molecular weight excluding hydrogens is 242 g/mol. The average Bonchev–Trinajstić information content (AvgIpc) is 2.93. The Labute approximate surface area is 101 Å². The van der Waals surface area contributed by atoms with Crippen LogP contribution >= 0.6 is 11.6 Å². The van der Waals surface area contributed by atoms with Gasteiger partial charge in [-0.05, 0) is 35.9 Å². The summed E-state index contributed by atoms with van der Waals surface area (Å²) in [5.74, 6) is 1.07. The second-order valence-electron chi connectivity index (χ2n) is 3.43. The summed E-state index contributed by atoms with van der Waals surface area (Å²) >= 11 is 5.71. The maximum Gasteiger partial charge on any atom is 0.204 e. The molecule has 0 aliphatic carbocycles. The van der Waals surface area contributed by atoms with E-state index >= 15 is 0 Å². The van der Waals surface area contributed by atoms with Gasteiger partial charge >= 0.3 is 0 Å². The zero-order chi connectivity index (χ0) is 11.8. The van der Waals surface area contributed by atoms with E-state index in [9.17, 15) is 4.79 Å². The van der Waals surface area contributed by atoms with Crippen LogP contribution in [-0.4, -0.2) is 20.9 Å². The van der Waals surface area contributed by atoms with Gasteiger partial charge in [-0.25, -0.2) is 0 Å². The predicted octanol–water partition coefficient (Wildman–Crippen LogP) is 2.46. The number of halogens is 1. The summed E-state index contributed by atoms with van der Waals surface area (Å²) < 4.78 is 6.99. The molecule has 3 heterocycles. The van der Waals surface area contributed by atoms with Crippen molar-refractivity contribution in [1.82, 2.24) is 14.6 Å². The molecule has 17 heavy (non-hydrogen) atoms. The molecule has 0 fully saturated rings. The van der Waals surface area contributed by atoms with Gasteiger partial charge in [-0.15, -0.1) is 10.2 Å². The molecule has 0 aromatic carbocycles. The van der Waals surface area contributed by atoms with E-state index < -0.39 is 0 Å². The highest BCUT2D eigenvalue weighted by Crippen LogP contribution is 2.23. The van der Waals surface area contributed by atoms with Gasteiger partial charge in [0.2, 0.25) is 5.82 Å². The third kappa shape index (κ3) is 1.60. The van der Waals surface area contributed by atoms with Crippen molar-refractivity contribution in [3.63, 3.8) is 0 Å². The first-order chi connectivity index (χ1) is 8.28. The fourth-order valence-electron chi connectivity index (χ4n) is 1.58. The lowest BCUT2D eigenvalue weighted by atomic mass is 10.3. The third-order valence-corrected chi connectivity index (χ3v) is 2.57. The molecule has 0 radical (unpaired) electrons. The van der Waals surface area contributed by atoms with E-state index in [4.69, 9.17) is 16.0 Å². The highest BCUT2D eigenvalue weighted by Gasteiger charge is 2.11. The van der Waals surface area contributed by atoms with Crippen molar-refractivity contribution in [1.29, 1.82) is 0 Å². The van der Waals surface area contributed by atoms with Crippen LogP contribution in [0.2, 0.25) is 5.22 Å². The fraction of sp³-hybridized carbons (Fsp3) is 0. The average molecular weight is 248 g/mol. The normalized spacial score (nSPS) is 10.9. The molecule has 0 aliphatic rings. The lowest BCUT2D eigenvalue weighted by Gasteiger charge is -1.96. The molecule has 3 aromatic heterocycles. The van der Waals surface area contributed by atoms with Crippen LogP contribution in [0.3, 0.4) is 0 Å². The molecule has 0 unspecified atom stereocenters. The van der Waals surface area contributed by atoms with Crippen molar-refractivity contribution in [3.05, 3.63) is 41.2 Å². The third-order valence-electron chi connectivity index (χ3n) is 2.36. The number of fused-ring (bicyclic) bond motifs is 1. The number of pyridine rings is 1. The molecule has 0 atom stereocenters. The van der Waals surface area contributed by atoms with E-state index in [-0.39, 0.29) is 0 Å². The quantitative estimate of drug-likeness (QED) is 0.653. The molecular formula is C11H6ClN3O2. The summed E-state index contributed by atoms with van der Waals surface area (Å²) in [4.78, 5) is 10.6. The topological polar surface area (TPSA) is 60.4 Å². The van der Waals surface area contributed by atoms with Gasteiger partial charge in [0, 0.05) is 11.8 Å². The van der Waals surface area contributed by atoms with Crippen LogP contribution < -0.4 is 0 Å². The van der Waals surface area contributed by atoms with Crippen LogP contribution in [0.15, 0.2) is 34.9 Å². The summed E-state index contributed by atoms with van der Waals surface area (Å²) in [7, 11) is 0. The Kier molecular flexibility index (Phi) is 2.19. The zero-order valence-electron chi connectivity index (χ0n) is 8.50. The second-order valence-corrected chi connectivity index (χ2v) is 3.81. The van der Waals surface area contributed by atoms with Crippen molar-refractivity contribution in [2.45, 2.75) is 0 Å². The maximum absolute atomic E-state index is 10.6.